The van der Waals surface area contributed by atoms with Gasteiger partial charge in [0, 0.05) is 30.4 Å². The smallest absolute Gasteiger partial charge is 0.319 e. The zero-order chi connectivity index (χ0) is 19.4. The summed E-state index contributed by atoms with van der Waals surface area (Å²) >= 11 is 0. The summed E-state index contributed by atoms with van der Waals surface area (Å²) in [5.41, 5.74) is 1.00. The zero-order valence-electron chi connectivity index (χ0n) is 15.0. The Labute approximate surface area is 156 Å². The van der Waals surface area contributed by atoms with Gasteiger partial charge in [0.05, 0.1) is 20.3 Å². The van der Waals surface area contributed by atoms with Crippen LogP contribution in [-0.4, -0.2) is 38.7 Å². The normalized spacial score (nSPS) is 16.2. The fraction of sp³-hybridized carbons (Fsp3) is 0.263. The molecule has 3 rings (SSSR count). The summed E-state index contributed by atoms with van der Waals surface area (Å²) in [6.45, 7) is 0.279. The highest BCUT2D eigenvalue weighted by Crippen LogP contribution is 2.29. The molecule has 3 amide bonds. The Morgan fingerprint density at radius 2 is 1.93 bits per heavy atom. The Morgan fingerprint density at radius 3 is 2.63 bits per heavy atom. The Hall–Kier alpha value is -3.29. The van der Waals surface area contributed by atoms with Crippen molar-refractivity contribution >= 4 is 23.3 Å². The van der Waals surface area contributed by atoms with Crippen LogP contribution < -0.4 is 25.0 Å². The van der Waals surface area contributed by atoms with Crippen molar-refractivity contribution in [3.63, 3.8) is 0 Å². The number of benzene rings is 2. The van der Waals surface area contributed by atoms with Gasteiger partial charge < -0.3 is 25.0 Å². The van der Waals surface area contributed by atoms with E-state index in [1.54, 1.807) is 30.3 Å². The van der Waals surface area contributed by atoms with Crippen LogP contribution in [0.2, 0.25) is 0 Å². The molecule has 0 aromatic heterocycles. The van der Waals surface area contributed by atoms with E-state index in [4.69, 9.17) is 9.47 Å². The van der Waals surface area contributed by atoms with Crippen LogP contribution in [0.1, 0.15) is 6.42 Å². The average molecular weight is 373 g/mol. The lowest BCUT2D eigenvalue weighted by Crippen LogP contribution is -2.39. The number of anilines is 2. The number of carbonyl (C=O) groups is 2. The second-order valence-electron chi connectivity index (χ2n) is 6.05. The molecule has 7 nitrogen and oxygen atoms in total. The molecule has 0 radical (unpaired) electrons. The van der Waals surface area contributed by atoms with Crippen molar-refractivity contribution in [3.8, 4) is 11.5 Å². The van der Waals surface area contributed by atoms with Gasteiger partial charge >= 0.3 is 6.03 Å². The van der Waals surface area contributed by atoms with E-state index < -0.39 is 11.8 Å². The van der Waals surface area contributed by atoms with Gasteiger partial charge in [-0.3, -0.25) is 4.79 Å². The SMILES string of the molecule is COc1ccc(NC(=O)N[C@@H]2CC(=O)N(c3cccc(F)c3)C2)cc1OC. The molecule has 0 spiro atoms. The molecule has 142 valence electrons. The molecule has 1 saturated heterocycles. The van der Waals surface area contributed by atoms with Crippen LogP contribution in [0.5, 0.6) is 11.5 Å². The number of nitrogens with one attached hydrogen (secondary N) is 2. The zero-order valence-corrected chi connectivity index (χ0v) is 15.0. The molecule has 1 aliphatic heterocycles. The monoisotopic (exact) mass is 373 g/mol. The number of urea groups is 1. The van der Waals surface area contributed by atoms with E-state index in [1.165, 1.54) is 31.3 Å². The summed E-state index contributed by atoms with van der Waals surface area (Å²) in [4.78, 5) is 25.9. The predicted octanol–water partition coefficient (Wildman–Crippen LogP) is 2.77. The Balaban J connectivity index is 1.61. The van der Waals surface area contributed by atoms with Crippen LogP contribution in [0.25, 0.3) is 0 Å². The molecule has 1 heterocycles. The summed E-state index contributed by atoms with van der Waals surface area (Å²) in [5.74, 6) is 0.458. The number of rotatable bonds is 5. The quantitative estimate of drug-likeness (QED) is 0.845. The number of methoxy groups -OCH3 is 2. The van der Waals surface area contributed by atoms with Crippen molar-refractivity contribution in [1.82, 2.24) is 5.32 Å². The lowest BCUT2D eigenvalue weighted by molar-refractivity contribution is -0.117. The highest BCUT2D eigenvalue weighted by Gasteiger charge is 2.31. The molecular formula is C19H20FN3O4. The molecule has 27 heavy (non-hydrogen) atoms. The summed E-state index contributed by atoms with van der Waals surface area (Å²) in [6, 6.07) is 9.99. The van der Waals surface area contributed by atoms with E-state index in [-0.39, 0.29) is 24.9 Å². The summed E-state index contributed by atoms with van der Waals surface area (Å²) in [5, 5.41) is 5.46. The van der Waals surface area contributed by atoms with E-state index in [2.05, 4.69) is 10.6 Å². The molecule has 2 aromatic rings. The molecule has 2 N–H and O–H groups in total. The van der Waals surface area contributed by atoms with Crippen LogP contribution >= 0.6 is 0 Å². The van der Waals surface area contributed by atoms with Crippen molar-refractivity contribution in [2.24, 2.45) is 0 Å². The van der Waals surface area contributed by atoms with Crippen molar-refractivity contribution in [1.29, 1.82) is 0 Å². The maximum atomic E-state index is 13.4. The number of carbonyl (C=O) groups excluding carboxylic acids is 2. The van der Waals surface area contributed by atoms with Crippen molar-refractivity contribution < 1.29 is 23.5 Å². The van der Waals surface area contributed by atoms with Gasteiger partial charge in [-0.25, -0.2) is 9.18 Å². The van der Waals surface area contributed by atoms with Crippen LogP contribution in [0.4, 0.5) is 20.6 Å². The lowest BCUT2D eigenvalue weighted by Gasteiger charge is -2.17. The topological polar surface area (TPSA) is 79.9 Å². The first-order chi connectivity index (χ1) is 13.0. The number of nitrogens with zero attached hydrogens (tertiary/aromatic N) is 1. The van der Waals surface area contributed by atoms with Gasteiger partial charge in [0.2, 0.25) is 5.91 Å². The molecular weight excluding hydrogens is 353 g/mol. The van der Waals surface area contributed by atoms with Crippen molar-refractivity contribution in [2.45, 2.75) is 12.5 Å². The van der Waals surface area contributed by atoms with Gasteiger partial charge in [0.25, 0.3) is 0 Å². The minimum atomic E-state index is -0.443. The molecule has 1 fully saturated rings. The van der Waals surface area contributed by atoms with Crippen LogP contribution in [0.3, 0.4) is 0 Å². The third-order valence-corrected chi connectivity index (χ3v) is 4.22. The Morgan fingerprint density at radius 1 is 1.15 bits per heavy atom. The van der Waals surface area contributed by atoms with Gasteiger partial charge in [0.1, 0.15) is 5.82 Å². The van der Waals surface area contributed by atoms with Crippen molar-refractivity contribution in [3.05, 3.63) is 48.3 Å². The minimum absolute atomic E-state index is 0.149. The molecule has 1 aliphatic rings. The maximum Gasteiger partial charge on any atom is 0.319 e. The highest BCUT2D eigenvalue weighted by atomic mass is 19.1. The second kappa shape index (κ2) is 7.94. The van der Waals surface area contributed by atoms with Gasteiger partial charge in [-0.15, -0.1) is 0 Å². The first-order valence-electron chi connectivity index (χ1n) is 8.35. The van der Waals surface area contributed by atoms with Crippen LogP contribution in [0, 0.1) is 5.82 Å². The van der Waals surface area contributed by atoms with E-state index in [0.29, 0.717) is 22.9 Å². The second-order valence-corrected chi connectivity index (χ2v) is 6.05. The van der Waals surface area contributed by atoms with E-state index in [9.17, 15) is 14.0 Å². The summed E-state index contributed by atoms with van der Waals surface area (Å²) < 4.78 is 23.7. The molecule has 0 bridgehead atoms. The van der Waals surface area contributed by atoms with Crippen molar-refractivity contribution in [2.75, 3.05) is 31.0 Å². The third-order valence-electron chi connectivity index (χ3n) is 4.22. The highest BCUT2D eigenvalue weighted by molar-refractivity contribution is 5.97. The fourth-order valence-electron chi connectivity index (χ4n) is 2.96. The predicted molar refractivity (Wildman–Crippen MR) is 98.9 cm³/mol. The largest absolute Gasteiger partial charge is 0.493 e. The van der Waals surface area contributed by atoms with Gasteiger partial charge in [-0.2, -0.15) is 0 Å². The fourth-order valence-corrected chi connectivity index (χ4v) is 2.96. The molecule has 0 saturated carbocycles. The number of amides is 3. The molecule has 2 aromatic carbocycles. The number of ether oxygens (including phenoxy) is 2. The van der Waals surface area contributed by atoms with Gasteiger partial charge in [0.15, 0.2) is 11.5 Å². The third kappa shape index (κ3) is 4.28. The molecule has 8 heteroatoms. The Kier molecular flexibility index (Phi) is 5.44. The van der Waals surface area contributed by atoms with Gasteiger partial charge in [-0.1, -0.05) is 6.07 Å². The Bertz CT molecular complexity index is 859. The maximum absolute atomic E-state index is 13.4. The first-order valence-corrected chi connectivity index (χ1v) is 8.35. The van der Waals surface area contributed by atoms with E-state index in [0.717, 1.165) is 0 Å². The van der Waals surface area contributed by atoms with Crippen LogP contribution in [-0.2, 0) is 4.79 Å². The average Bonchev–Trinajstić information content (AvgIpc) is 3.01. The standard InChI is InChI=1S/C19H20FN3O4/c1-26-16-7-6-13(9-17(16)27-2)21-19(25)22-14-10-18(24)23(11-14)15-5-3-4-12(20)8-15/h3-9,14H,10-11H2,1-2H3,(H2,21,22,25)/t14-/m1/s1. The molecule has 1 atom stereocenters. The van der Waals surface area contributed by atoms with E-state index >= 15 is 0 Å². The lowest BCUT2D eigenvalue weighted by atomic mass is 10.2. The van der Waals surface area contributed by atoms with E-state index in [1.807, 2.05) is 0 Å². The molecule has 0 aliphatic carbocycles. The number of halogens is 1. The minimum Gasteiger partial charge on any atom is -0.493 e. The van der Waals surface area contributed by atoms with Crippen LogP contribution in [0.15, 0.2) is 42.5 Å². The molecule has 0 unspecified atom stereocenters. The number of hydrogen-bond acceptors (Lipinski definition) is 4. The first kappa shape index (κ1) is 18.5. The number of hydrogen-bond donors (Lipinski definition) is 2. The van der Waals surface area contributed by atoms with Gasteiger partial charge in [-0.05, 0) is 30.3 Å². The summed E-state index contributed by atoms with van der Waals surface area (Å²) in [7, 11) is 3.03. The summed E-state index contributed by atoms with van der Waals surface area (Å²) in [6.07, 6.45) is 0.149.